The number of benzene rings is 3. The molecule has 3 aromatic carbocycles. The second kappa shape index (κ2) is 12.5. The molecular weight excluding hydrogens is 560 g/mol. The van der Waals surface area contributed by atoms with Crippen LogP contribution >= 0.6 is 0 Å². The molecule has 0 N–H and O–H groups in total. The monoisotopic (exact) mass is 627 g/mol. The van der Waals surface area contributed by atoms with Crippen molar-refractivity contribution in [2.45, 2.75) is 158 Å². The molecule has 0 aliphatic rings. The van der Waals surface area contributed by atoms with Crippen LogP contribution in [0.25, 0.3) is 0 Å². The topological polar surface area (TPSA) is 13.0 Å². The lowest BCUT2D eigenvalue weighted by atomic mass is 9.92. The van der Waals surface area contributed by atoms with Gasteiger partial charge in [0.05, 0.1) is 34.1 Å². The predicted octanol–water partition coefficient (Wildman–Crippen LogP) is 12.4. The van der Waals surface area contributed by atoms with Crippen molar-refractivity contribution >= 4 is 34.1 Å². The quantitative estimate of drug-likeness (QED) is 0.270. The van der Waals surface area contributed by atoms with E-state index in [0.717, 1.165) is 17.1 Å². The molecule has 0 aliphatic heterocycles. The molecule has 254 valence electrons. The van der Waals surface area contributed by atoms with Gasteiger partial charge in [0.2, 0.25) is 0 Å². The van der Waals surface area contributed by atoms with Crippen LogP contribution in [0.1, 0.15) is 125 Å². The van der Waals surface area contributed by atoms with Crippen molar-refractivity contribution in [3.63, 3.8) is 0 Å². The molecule has 0 unspecified atom stereocenters. The van der Waals surface area contributed by atoms with E-state index in [0.29, 0.717) is 0 Å². The van der Waals surface area contributed by atoms with E-state index in [4.69, 9.17) is 0 Å². The summed E-state index contributed by atoms with van der Waals surface area (Å²) in [6.45, 7) is 41.8. The Labute approximate surface area is 283 Å². The van der Waals surface area contributed by atoms with Crippen LogP contribution in [0.4, 0.5) is 34.1 Å². The van der Waals surface area contributed by atoms with Gasteiger partial charge in [0, 0.05) is 33.2 Å². The minimum Gasteiger partial charge on any atom is -0.360 e. The molecule has 0 bridgehead atoms. The zero-order valence-corrected chi connectivity index (χ0v) is 32.7. The zero-order valence-electron chi connectivity index (χ0n) is 32.7. The molecule has 0 spiro atoms. The Kier molecular flexibility index (Phi) is 10.1. The Morgan fingerprint density at radius 3 is 0.565 bits per heavy atom. The third-order valence-electron chi connectivity index (χ3n) is 8.12. The second-order valence-corrected chi connectivity index (χ2v) is 18.8. The van der Waals surface area contributed by atoms with E-state index < -0.39 is 0 Å². The minimum atomic E-state index is -0.120. The van der Waals surface area contributed by atoms with Crippen LogP contribution in [0.5, 0.6) is 0 Å². The molecule has 0 heterocycles. The molecule has 4 nitrogen and oxygen atoms in total. The molecule has 0 radical (unpaired) electrons. The highest BCUT2D eigenvalue weighted by Gasteiger charge is 2.39. The van der Waals surface area contributed by atoms with Crippen LogP contribution in [-0.2, 0) is 0 Å². The van der Waals surface area contributed by atoms with Crippen molar-refractivity contribution < 1.29 is 0 Å². The van der Waals surface area contributed by atoms with E-state index in [1.165, 1.54) is 17.1 Å². The third-order valence-corrected chi connectivity index (χ3v) is 8.12. The summed E-state index contributed by atoms with van der Waals surface area (Å²) >= 11 is 0. The molecule has 0 saturated carbocycles. The SMILES string of the molecule is CC(C)(C)N(c1ccccc1N(c1ccccc1N(C(C)(C)C)C(C)(C)C)c1ccccc1N(C(C)(C)C)C(C)(C)C)C(C)(C)C. The van der Waals surface area contributed by atoms with Crippen molar-refractivity contribution in [3.8, 4) is 0 Å². The molecular formula is C42H66N4. The smallest absolute Gasteiger partial charge is 0.0697 e. The number of rotatable bonds is 6. The summed E-state index contributed by atoms with van der Waals surface area (Å²) in [7, 11) is 0. The maximum Gasteiger partial charge on any atom is 0.0697 e. The van der Waals surface area contributed by atoms with Crippen molar-refractivity contribution in [1.29, 1.82) is 0 Å². The summed E-state index contributed by atoms with van der Waals surface area (Å²) in [5.41, 5.74) is 6.41. The number of nitrogens with zero attached hydrogens (tertiary/aromatic N) is 4. The first kappa shape index (κ1) is 37.3. The van der Waals surface area contributed by atoms with Crippen LogP contribution < -0.4 is 19.6 Å². The number of para-hydroxylation sites is 6. The average molecular weight is 627 g/mol. The Hall–Kier alpha value is -3.14. The third kappa shape index (κ3) is 8.04. The standard InChI is InChI=1S/C42H66N4/c1-37(2,3)44(38(4,5)6)34-28-22-19-25-31(34)43(32-26-20-23-29-35(32)45(39(7,8)9)40(10,11)12)33-27-21-24-30-36(33)46(41(13,14)15)42(16,17)18/h19-30H,1-18H3. The molecule has 0 amide bonds. The molecule has 0 saturated heterocycles. The van der Waals surface area contributed by atoms with Gasteiger partial charge in [-0.15, -0.1) is 0 Å². The highest BCUT2D eigenvalue weighted by molar-refractivity contribution is 5.95. The number of anilines is 6. The molecule has 3 aromatic rings. The van der Waals surface area contributed by atoms with Gasteiger partial charge in [0.15, 0.2) is 0 Å². The highest BCUT2D eigenvalue weighted by Crippen LogP contribution is 2.52. The van der Waals surface area contributed by atoms with Gasteiger partial charge in [-0.25, -0.2) is 0 Å². The normalized spacial score (nSPS) is 13.4. The lowest BCUT2D eigenvalue weighted by Gasteiger charge is -2.51. The van der Waals surface area contributed by atoms with Gasteiger partial charge in [-0.3, -0.25) is 0 Å². The summed E-state index contributed by atoms with van der Waals surface area (Å²) in [6.07, 6.45) is 0. The summed E-state index contributed by atoms with van der Waals surface area (Å²) in [5, 5.41) is 0. The molecule has 0 aromatic heterocycles. The van der Waals surface area contributed by atoms with Crippen LogP contribution in [0, 0.1) is 0 Å². The zero-order chi connectivity index (χ0) is 35.3. The predicted molar refractivity (Wildman–Crippen MR) is 207 cm³/mol. The average Bonchev–Trinajstić information content (AvgIpc) is 2.82. The Balaban J connectivity index is 2.63. The Morgan fingerprint density at radius 2 is 0.413 bits per heavy atom. The van der Waals surface area contributed by atoms with E-state index in [2.05, 4.69) is 217 Å². The first-order chi connectivity index (χ1) is 20.7. The van der Waals surface area contributed by atoms with Crippen molar-refractivity contribution in [3.05, 3.63) is 72.8 Å². The largest absolute Gasteiger partial charge is 0.360 e. The van der Waals surface area contributed by atoms with Gasteiger partial charge in [-0.1, -0.05) is 36.4 Å². The fraction of sp³-hybridized carbons (Fsp3) is 0.571. The maximum atomic E-state index is 2.59. The minimum absolute atomic E-state index is 0.120. The first-order valence-corrected chi connectivity index (χ1v) is 17.2. The lowest BCUT2D eigenvalue weighted by molar-refractivity contribution is 0.381. The molecule has 3 rings (SSSR count). The maximum absolute atomic E-state index is 2.59. The van der Waals surface area contributed by atoms with Crippen LogP contribution in [0.3, 0.4) is 0 Å². The molecule has 0 fully saturated rings. The number of hydrogen-bond acceptors (Lipinski definition) is 4. The van der Waals surface area contributed by atoms with E-state index in [1.54, 1.807) is 0 Å². The van der Waals surface area contributed by atoms with Crippen molar-refractivity contribution in [2.75, 3.05) is 19.6 Å². The van der Waals surface area contributed by atoms with E-state index in [9.17, 15) is 0 Å². The van der Waals surface area contributed by atoms with E-state index in [-0.39, 0.29) is 33.2 Å². The van der Waals surface area contributed by atoms with Gasteiger partial charge >= 0.3 is 0 Å². The highest BCUT2D eigenvalue weighted by atomic mass is 15.3. The van der Waals surface area contributed by atoms with E-state index >= 15 is 0 Å². The summed E-state index contributed by atoms with van der Waals surface area (Å²) in [4.78, 5) is 10.3. The van der Waals surface area contributed by atoms with Crippen molar-refractivity contribution in [2.24, 2.45) is 0 Å². The van der Waals surface area contributed by atoms with Crippen LogP contribution in [-0.4, -0.2) is 33.2 Å². The second-order valence-electron chi connectivity index (χ2n) is 18.8. The van der Waals surface area contributed by atoms with Gasteiger partial charge < -0.3 is 19.6 Å². The fourth-order valence-corrected chi connectivity index (χ4v) is 8.10. The van der Waals surface area contributed by atoms with Gasteiger partial charge in [0.25, 0.3) is 0 Å². The fourth-order valence-electron chi connectivity index (χ4n) is 8.10. The van der Waals surface area contributed by atoms with Crippen LogP contribution in [0.2, 0.25) is 0 Å². The Morgan fingerprint density at radius 1 is 0.261 bits per heavy atom. The first-order valence-electron chi connectivity index (χ1n) is 17.2. The summed E-state index contributed by atoms with van der Waals surface area (Å²) in [6, 6.07) is 27.0. The van der Waals surface area contributed by atoms with E-state index in [1.807, 2.05) is 0 Å². The molecule has 46 heavy (non-hydrogen) atoms. The lowest BCUT2D eigenvalue weighted by Crippen LogP contribution is -2.54. The summed E-state index contributed by atoms with van der Waals surface area (Å²) in [5.74, 6) is 0. The summed E-state index contributed by atoms with van der Waals surface area (Å²) < 4.78 is 0. The number of hydrogen-bond donors (Lipinski definition) is 0. The molecule has 0 aliphatic carbocycles. The van der Waals surface area contributed by atoms with Gasteiger partial charge in [-0.05, 0) is 161 Å². The van der Waals surface area contributed by atoms with Crippen LogP contribution in [0.15, 0.2) is 72.8 Å². The van der Waals surface area contributed by atoms with Gasteiger partial charge in [0.1, 0.15) is 0 Å². The van der Waals surface area contributed by atoms with Crippen molar-refractivity contribution in [1.82, 2.24) is 0 Å². The Bertz CT molecular complexity index is 1240. The molecule has 0 atom stereocenters. The van der Waals surface area contributed by atoms with Gasteiger partial charge in [-0.2, -0.15) is 0 Å². The molecule has 4 heteroatoms.